The molecule has 2 spiro atoms. The summed E-state index contributed by atoms with van der Waals surface area (Å²) in [7, 11) is 1.79. The van der Waals surface area contributed by atoms with E-state index < -0.39 is 11.0 Å². The molecule has 3 aliphatic heterocycles. The van der Waals surface area contributed by atoms with Crippen molar-refractivity contribution in [3.8, 4) is 11.5 Å². The van der Waals surface area contributed by atoms with E-state index in [1.165, 1.54) is 0 Å². The fraction of sp³-hybridized carbons (Fsp3) is 0.235. The maximum absolute atomic E-state index is 15.0. The molecule has 0 bridgehead atoms. The molecule has 4 aliphatic rings. The van der Waals surface area contributed by atoms with E-state index in [1.807, 2.05) is 77.7 Å². The van der Waals surface area contributed by atoms with Gasteiger partial charge in [0.1, 0.15) is 23.5 Å². The van der Waals surface area contributed by atoms with Crippen LogP contribution in [0.1, 0.15) is 47.6 Å². The molecule has 1 atom stereocenters. The minimum atomic E-state index is -1.01. The number of anilines is 2. The highest BCUT2D eigenvalue weighted by atomic mass is 16.5. The van der Waals surface area contributed by atoms with E-state index in [9.17, 15) is 9.59 Å². The summed E-state index contributed by atoms with van der Waals surface area (Å²) in [4.78, 5) is 31.7. The number of hydrogen-bond acceptors (Lipinski definition) is 4. The van der Waals surface area contributed by atoms with E-state index in [4.69, 9.17) is 9.47 Å². The van der Waals surface area contributed by atoms with Crippen molar-refractivity contribution in [1.82, 2.24) is 0 Å². The smallest absolute Gasteiger partial charge is 0.271 e. The minimum absolute atomic E-state index is 0.0130. The molecule has 1 saturated carbocycles. The summed E-state index contributed by atoms with van der Waals surface area (Å²) < 4.78 is 12.7. The molecule has 4 aromatic carbocycles. The van der Waals surface area contributed by atoms with Crippen LogP contribution in [0.25, 0.3) is 0 Å². The lowest BCUT2D eigenvalue weighted by Gasteiger charge is -2.46. The molecule has 1 unspecified atom stereocenters. The number of nitrogens with zero attached hydrogens (tertiary/aromatic N) is 2. The summed E-state index contributed by atoms with van der Waals surface area (Å²) in [6, 6.07) is 31.9. The number of carbonyl (C=O) groups excluding carboxylic acids is 2. The molecule has 198 valence electrons. The first-order valence-electron chi connectivity index (χ1n) is 13.9. The first-order chi connectivity index (χ1) is 19.5. The topological polar surface area (TPSA) is 59.1 Å². The van der Waals surface area contributed by atoms with Crippen LogP contribution >= 0.6 is 0 Å². The van der Waals surface area contributed by atoms with Crippen LogP contribution in [0.15, 0.2) is 97.1 Å². The van der Waals surface area contributed by atoms with Crippen LogP contribution in [0.2, 0.25) is 0 Å². The van der Waals surface area contributed by atoms with Gasteiger partial charge in [-0.3, -0.25) is 14.5 Å². The number of benzene rings is 4. The van der Waals surface area contributed by atoms with Gasteiger partial charge in [0.05, 0.1) is 11.7 Å². The summed E-state index contributed by atoms with van der Waals surface area (Å²) >= 11 is 0. The lowest BCUT2D eigenvalue weighted by Crippen LogP contribution is -2.59. The molecule has 0 saturated heterocycles. The fourth-order valence-electron chi connectivity index (χ4n) is 6.98. The number of carbonyl (C=O) groups is 2. The van der Waals surface area contributed by atoms with Crippen molar-refractivity contribution >= 4 is 23.2 Å². The zero-order valence-corrected chi connectivity index (χ0v) is 22.2. The zero-order chi connectivity index (χ0) is 27.1. The van der Waals surface area contributed by atoms with Gasteiger partial charge in [-0.25, -0.2) is 0 Å². The predicted octanol–water partition coefficient (Wildman–Crippen LogP) is 5.78. The van der Waals surface area contributed by atoms with Crippen molar-refractivity contribution in [2.45, 2.75) is 36.3 Å². The summed E-state index contributed by atoms with van der Waals surface area (Å²) in [5.74, 6) is 1.22. The minimum Gasteiger partial charge on any atom is -0.491 e. The van der Waals surface area contributed by atoms with Gasteiger partial charge in [-0.15, -0.1) is 0 Å². The Morgan fingerprint density at radius 1 is 0.725 bits per heavy atom. The molecule has 0 aromatic heterocycles. The van der Waals surface area contributed by atoms with Crippen LogP contribution in [-0.4, -0.2) is 31.1 Å². The Labute approximate surface area is 232 Å². The number of likely N-dealkylation sites (N-methyl/N-ethyl adjacent to an activating group) is 1. The maximum Gasteiger partial charge on any atom is 0.271 e. The number of hydrogen-bond donors (Lipinski definition) is 0. The van der Waals surface area contributed by atoms with Gasteiger partial charge in [0.25, 0.3) is 5.91 Å². The Bertz CT molecular complexity index is 1640. The third kappa shape index (κ3) is 2.93. The van der Waals surface area contributed by atoms with Crippen molar-refractivity contribution in [2.75, 3.05) is 23.5 Å². The van der Waals surface area contributed by atoms with Crippen molar-refractivity contribution < 1.29 is 19.1 Å². The van der Waals surface area contributed by atoms with Crippen LogP contribution in [0.3, 0.4) is 0 Å². The molecular formula is C34H28N2O4. The molecule has 6 nitrogen and oxygen atoms in total. The van der Waals surface area contributed by atoms with E-state index in [-0.39, 0.29) is 24.5 Å². The quantitative estimate of drug-likeness (QED) is 0.338. The van der Waals surface area contributed by atoms with Crippen LogP contribution in [0, 0.1) is 0 Å². The molecule has 1 aliphatic carbocycles. The van der Waals surface area contributed by atoms with Crippen molar-refractivity contribution in [3.63, 3.8) is 0 Å². The number of fused-ring (bicyclic) bond motifs is 5. The average molecular weight is 529 g/mol. The van der Waals surface area contributed by atoms with E-state index in [0.29, 0.717) is 30.0 Å². The lowest BCUT2D eigenvalue weighted by atomic mass is 9.75. The summed E-state index contributed by atoms with van der Waals surface area (Å²) in [5.41, 5.74) is 3.54. The van der Waals surface area contributed by atoms with Crippen molar-refractivity contribution in [3.05, 3.63) is 119 Å². The van der Waals surface area contributed by atoms with Gasteiger partial charge >= 0.3 is 0 Å². The Hall–Kier alpha value is -4.58. The molecule has 1 fully saturated rings. The molecule has 8 rings (SSSR count). The first-order valence-corrected chi connectivity index (χ1v) is 13.9. The third-order valence-electron chi connectivity index (χ3n) is 9.18. The SMILES string of the molecule is CN1C(=O)C2(CCC2)Oc2cc3c(cc21)OCC31C(=O)N(C(c2ccccc2)c2ccccc2)c2ccccc21. The summed E-state index contributed by atoms with van der Waals surface area (Å²) in [6.07, 6.45) is 2.38. The summed E-state index contributed by atoms with van der Waals surface area (Å²) in [6.45, 7) is 0.191. The van der Waals surface area contributed by atoms with Crippen LogP contribution in [-0.2, 0) is 15.0 Å². The average Bonchev–Trinajstić information content (AvgIpc) is 3.46. The normalized spacial score (nSPS) is 21.6. The van der Waals surface area contributed by atoms with E-state index in [2.05, 4.69) is 24.3 Å². The monoisotopic (exact) mass is 528 g/mol. The highest BCUT2D eigenvalue weighted by Gasteiger charge is 2.59. The Kier molecular flexibility index (Phi) is 4.79. The zero-order valence-electron chi connectivity index (χ0n) is 22.2. The number of para-hydroxylation sites is 1. The molecule has 0 radical (unpaired) electrons. The molecular weight excluding hydrogens is 500 g/mol. The summed E-state index contributed by atoms with van der Waals surface area (Å²) in [5, 5.41) is 0. The number of amides is 2. The highest BCUT2D eigenvalue weighted by Crippen LogP contribution is 2.58. The van der Waals surface area contributed by atoms with Gasteiger partial charge in [-0.1, -0.05) is 78.9 Å². The van der Waals surface area contributed by atoms with Crippen LogP contribution in [0.5, 0.6) is 11.5 Å². The Morgan fingerprint density at radius 3 is 2.02 bits per heavy atom. The molecule has 40 heavy (non-hydrogen) atoms. The van der Waals surface area contributed by atoms with E-state index in [1.54, 1.807) is 11.9 Å². The van der Waals surface area contributed by atoms with E-state index >= 15 is 0 Å². The molecule has 4 aromatic rings. The van der Waals surface area contributed by atoms with Gasteiger partial charge in [0.15, 0.2) is 5.60 Å². The molecule has 6 heteroatoms. The Balaban J connectivity index is 1.31. The molecule has 2 amide bonds. The first kappa shape index (κ1) is 23.3. The van der Waals surface area contributed by atoms with Gasteiger partial charge in [-0.2, -0.15) is 0 Å². The predicted molar refractivity (Wildman–Crippen MR) is 152 cm³/mol. The maximum atomic E-state index is 15.0. The van der Waals surface area contributed by atoms with Crippen molar-refractivity contribution in [2.24, 2.45) is 0 Å². The molecule has 3 heterocycles. The van der Waals surface area contributed by atoms with Crippen molar-refractivity contribution in [1.29, 1.82) is 0 Å². The van der Waals surface area contributed by atoms with Gasteiger partial charge < -0.3 is 14.4 Å². The highest BCUT2D eigenvalue weighted by molar-refractivity contribution is 6.13. The van der Waals surface area contributed by atoms with Crippen LogP contribution in [0.4, 0.5) is 11.4 Å². The van der Waals surface area contributed by atoms with Crippen LogP contribution < -0.4 is 19.3 Å². The number of rotatable bonds is 3. The van der Waals surface area contributed by atoms with Gasteiger partial charge in [0, 0.05) is 24.4 Å². The second-order valence-electron chi connectivity index (χ2n) is 11.2. The van der Waals surface area contributed by atoms with E-state index in [0.717, 1.165) is 34.4 Å². The second kappa shape index (κ2) is 8.21. The third-order valence-corrected chi connectivity index (χ3v) is 9.18. The number of ether oxygens (including phenoxy) is 2. The Morgan fingerprint density at radius 2 is 1.38 bits per heavy atom. The second-order valence-corrected chi connectivity index (χ2v) is 11.2. The standard InChI is InChI=1S/C34H28N2O4/c1-35-27-20-28-25(19-29(27)40-33(31(35)37)17-10-18-33)34(21-39-28)24-15-8-9-16-26(24)36(32(34)38)30(22-11-4-2-5-12-22)23-13-6-3-7-14-23/h2-9,11-16,19-20,30H,10,17-18,21H2,1H3. The largest absolute Gasteiger partial charge is 0.491 e. The van der Waals surface area contributed by atoms with Gasteiger partial charge in [0.2, 0.25) is 5.91 Å². The lowest BCUT2D eigenvalue weighted by molar-refractivity contribution is -0.142. The van der Waals surface area contributed by atoms with Gasteiger partial charge in [-0.05, 0) is 48.1 Å². The molecule has 0 N–H and O–H groups in total. The fourth-order valence-corrected chi connectivity index (χ4v) is 6.98.